The fourth-order valence-electron chi connectivity index (χ4n) is 2.00. The summed E-state index contributed by atoms with van der Waals surface area (Å²) in [7, 11) is 0. The third-order valence-corrected chi connectivity index (χ3v) is 2.97. The van der Waals surface area contributed by atoms with Crippen molar-refractivity contribution >= 4 is 11.9 Å². The minimum Gasteiger partial charge on any atom is -0.480 e. The van der Waals surface area contributed by atoms with Crippen molar-refractivity contribution in [2.24, 2.45) is 5.29 Å². The van der Waals surface area contributed by atoms with E-state index in [1.165, 1.54) is 0 Å². The zero-order valence-electron chi connectivity index (χ0n) is 9.91. The zero-order valence-corrected chi connectivity index (χ0v) is 9.91. The van der Waals surface area contributed by atoms with Crippen LogP contribution in [-0.2, 0) is 9.59 Å². The van der Waals surface area contributed by atoms with Gasteiger partial charge in [0.25, 0.3) is 0 Å². The van der Waals surface area contributed by atoms with Crippen LogP contribution in [0.2, 0.25) is 0 Å². The smallest absolute Gasteiger partial charge is 0.328 e. The van der Waals surface area contributed by atoms with Crippen LogP contribution >= 0.6 is 0 Å². The summed E-state index contributed by atoms with van der Waals surface area (Å²) in [4.78, 5) is 30.4. The first kappa shape index (κ1) is 14.4. The highest BCUT2D eigenvalue weighted by molar-refractivity contribution is 5.74. The van der Waals surface area contributed by atoms with E-state index in [0.29, 0.717) is 13.0 Å². The van der Waals surface area contributed by atoms with Gasteiger partial charge in [-0.2, -0.15) is 0 Å². The Morgan fingerprint density at radius 3 is 2.22 bits per heavy atom. The maximum Gasteiger partial charge on any atom is 0.328 e. The van der Waals surface area contributed by atoms with E-state index < -0.39 is 18.0 Å². The first-order valence-electron chi connectivity index (χ1n) is 5.85. The van der Waals surface area contributed by atoms with Crippen LogP contribution in [0.5, 0.6) is 0 Å². The third kappa shape index (κ3) is 3.95. The molecule has 0 aromatic carbocycles. The molecule has 102 valence electrons. The second kappa shape index (κ2) is 6.90. The van der Waals surface area contributed by atoms with Crippen LogP contribution in [0.25, 0.3) is 0 Å². The molecular weight excluding hydrogens is 242 g/mol. The Labute approximate surface area is 104 Å². The molecule has 0 amide bonds. The van der Waals surface area contributed by atoms with Gasteiger partial charge in [-0.15, -0.1) is 4.91 Å². The third-order valence-electron chi connectivity index (χ3n) is 2.97. The number of aliphatic carboxylic acids is 2. The number of carbonyl (C=O) groups is 2. The fraction of sp³-hybridized carbons (Fsp3) is 0.800. The molecule has 0 aliphatic carbocycles. The van der Waals surface area contributed by atoms with Crippen molar-refractivity contribution in [1.29, 1.82) is 0 Å². The molecule has 0 aromatic rings. The van der Waals surface area contributed by atoms with Crippen LogP contribution in [0.1, 0.15) is 25.7 Å². The van der Waals surface area contributed by atoms with Crippen molar-refractivity contribution in [3.8, 4) is 0 Å². The number of nitroso groups, excluding NO2 is 1. The lowest BCUT2D eigenvalue weighted by atomic mass is 10.2. The van der Waals surface area contributed by atoms with E-state index in [4.69, 9.17) is 10.2 Å². The monoisotopic (exact) mass is 259 g/mol. The molecule has 2 atom stereocenters. The number of hydrogen-bond acceptors (Lipinski definition) is 5. The minimum atomic E-state index is -0.961. The maximum atomic E-state index is 10.3. The molecule has 2 fully saturated rings. The van der Waals surface area contributed by atoms with Gasteiger partial charge in [0.1, 0.15) is 12.1 Å². The number of rotatable bonds is 3. The molecule has 2 saturated heterocycles. The lowest BCUT2D eigenvalue weighted by molar-refractivity contribution is -0.142. The highest BCUT2D eigenvalue weighted by Gasteiger charge is 2.30. The number of hydrogen-bond donors (Lipinski definition) is 3. The Kier molecular flexibility index (Phi) is 5.50. The molecule has 2 aliphatic heterocycles. The SMILES string of the molecule is O=C(O)[C@@H]1CCCN1.O=NN1CCC[C@H]1C(=O)O. The van der Waals surface area contributed by atoms with Crippen molar-refractivity contribution in [3.05, 3.63) is 4.91 Å². The quantitative estimate of drug-likeness (QED) is 0.612. The van der Waals surface area contributed by atoms with E-state index in [-0.39, 0.29) is 6.04 Å². The molecule has 0 radical (unpaired) electrons. The molecule has 3 N–H and O–H groups in total. The average molecular weight is 259 g/mol. The molecule has 0 spiro atoms. The average Bonchev–Trinajstić information content (AvgIpc) is 3.01. The zero-order chi connectivity index (χ0) is 13.5. The summed E-state index contributed by atoms with van der Waals surface area (Å²) in [6.07, 6.45) is 3.05. The molecule has 0 bridgehead atoms. The predicted octanol–water partition coefficient (Wildman–Crippen LogP) is 0.0398. The second-order valence-corrected chi connectivity index (χ2v) is 4.23. The van der Waals surface area contributed by atoms with Gasteiger partial charge in [0.15, 0.2) is 0 Å². The van der Waals surface area contributed by atoms with E-state index in [1.807, 2.05) is 0 Å². The summed E-state index contributed by atoms with van der Waals surface area (Å²) in [5, 5.41) is 23.3. The Hall–Kier alpha value is -1.70. The first-order chi connectivity index (χ1) is 8.56. The van der Waals surface area contributed by atoms with Gasteiger partial charge in [-0.05, 0) is 32.2 Å². The van der Waals surface area contributed by atoms with Gasteiger partial charge in [-0.25, -0.2) is 9.80 Å². The van der Waals surface area contributed by atoms with E-state index in [1.54, 1.807) is 0 Å². The molecular formula is C10H17N3O5. The van der Waals surface area contributed by atoms with Gasteiger partial charge in [0.2, 0.25) is 0 Å². The van der Waals surface area contributed by atoms with Gasteiger partial charge in [0, 0.05) is 6.54 Å². The first-order valence-corrected chi connectivity index (χ1v) is 5.85. The van der Waals surface area contributed by atoms with Gasteiger partial charge in [-0.1, -0.05) is 0 Å². The second-order valence-electron chi connectivity index (χ2n) is 4.23. The minimum absolute atomic E-state index is 0.269. The topological polar surface area (TPSA) is 119 Å². The molecule has 2 heterocycles. The van der Waals surface area contributed by atoms with Crippen molar-refractivity contribution < 1.29 is 19.8 Å². The molecule has 8 nitrogen and oxygen atoms in total. The van der Waals surface area contributed by atoms with Crippen LogP contribution < -0.4 is 5.32 Å². The van der Waals surface area contributed by atoms with Gasteiger partial charge < -0.3 is 15.5 Å². The predicted molar refractivity (Wildman–Crippen MR) is 61.8 cm³/mol. The Morgan fingerprint density at radius 1 is 1.17 bits per heavy atom. The van der Waals surface area contributed by atoms with E-state index in [9.17, 15) is 14.5 Å². The van der Waals surface area contributed by atoms with Crippen molar-refractivity contribution in [1.82, 2.24) is 10.3 Å². The van der Waals surface area contributed by atoms with Gasteiger partial charge in [-0.3, -0.25) is 4.79 Å². The van der Waals surface area contributed by atoms with Crippen LogP contribution in [0, 0.1) is 4.91 Å². The summed E-state index contributed by atoms with van der Waals surface area (Å²) in [5.41, 5.74) is 0. The van der Waals surface area contributed by atoms with Crippen molar-refractivity contribution in [2.45, 2.75) is 37.8 Å². The summed E-state index contributed by atoms with van der Waals surface area (Å²) in [5.74, 6) is -1.68. The van der Waals surface area contributed by atoms with Crippen LogP contribution in [-0.4, -0.2) is 52.3 Å². The fourth-order valence-corrected chi connectivity index (χ4v) is 2.00. The number of nitrogens with zero attached hydrogens (tertiary/aromatic N) is 2. The van der Waals surface area contributed by atoms with E-state index in [2.05, 4.69) is 10.6 Å². The van der Waals surface area contributed by atoms with Crippen molar-refractivity contribution in [2.75, 3.05) is 13.1 Å². The Balaban J connectivity index is 0.000000184. The lowest BCUT2D eigenvalue weighted by Gasteiger charge is -2.11. The van der Waals surface area contributed by atoms with Crippen LogP contribution in [0.3, 0.4) is 0 Å². The number of carboxylic acids is 2. The molecule has 8 heteroatoms. The molecule has 2 aliphatic rings. The lowest BCUT2D eigenvalue weighted by Crippen LogP contribution is -2.31. The molecule has 0 unspecified atom stereocenters. The van der Waals surface area contributed by atoms with Crippen LogP contribution in [0.4, 0.5) is 0 Å². The molecule has 0 saturated carbocycles. The Bertz CT molecular complexity index is 317. The summed E-state index contributed by atoms with van der Waals surface area (Å²) < 4.78 is 0. The van der Waals surface area contributed by atoms with Gasteiger partial charge in [0.05, 0.1) is 5.29 Å². The summed E-state index contributed by atoms with van der Waals surface area (Å²) in [6, 6.07) is -0.951. The van der Waals surface area contributed by atoms with Crippen molar-refractivity contribution in [3.63, 3.8) is 0 Å². The van der Waals surface area contributed by atoms with E-state index in [0.717, 1.165) is 30.8 Å². The number of carboxylic acid groups (broad SMARTS) is 2. The van der Waals surface area contributed by atoms with E-state index >= 15 is 0 Å². The molecule has 18 heavy (non-hydrogen) atoms. The Morgan fingerprint density at radius 2 is 1.89 bits per heavy atom. The largest absolute Gasteiger partial charge is 0.480 e. The maximum absolute atomic E-state index is 10.3. The number of nitrogens with one attached hydrogen (secondary N) is 1. The molecule has 2 rings (SSSR count). The highest BCUT2D eigenvalue weighted by atomic mass is 16.4. The highest BCUT2D eigenvalue weighted by Crippen LogP contribution is 2.16. The summed E-state index contributed by atoms with van der Waals surface area (Å²) >= 11 is 0. The van der Waals surface area contributed by atoms with Crippen LogP contribution in [0.15, 0.2) is 5.29 Å². The normalized spacial score (nSPS) is 26.3. The van der Waals surface area contributed by atoms with Gasteiger partial charge >= 0.3 is 11.9 Å². The summed E-state index contributed by atoms with van der Waals surface area (Å²) in [6.45, 7) is 1.33. The molecule has 0 aromatic heterocycles. The standard InChI is InChI=1S/C5H8N2O3.C5H9NO2/c8-5(9)4-2-1-3-7(4)6-10;7-5(8)4-2-1-3-6-4/h4H,1-3H2,(H,8,9);4,6H,1-3H2,(H,7,8)/t2*4-/m00/s1.